The van der Waals surface area contributed by atoms with Crippen LogP contribution < -0.4 is 9.47 Å². The number of aliphatic carboxylic acids is 1. The van der Waals surface area contributed by atoms with Crippen molar-refractivity contribution in [3.05, 3.63) is 23.8 Å². The quantitative estimate of drug-likeness (QED) is 0.335. The topological polar surface area (TPSA) is 103 Å². The van der Waals surface area contributed by atoms with Gasteiger partial charge in [-0.2, -0.15) is 0 Å². The van der Waals surface area contributed by atoms with Gasteiger partial charge in [0.1, 0.15) is 0 Å². The summed E-state index contributed by atoms with van der Waals surface area (Å²) in [6.45, 7) is 7.18. The highest BCUT2D eigenvalue weighted by Gasteiger charge is 2.47. The summed E-state index contributed by atoms with van der Waals surface area (Å²) in [5.74, 6) is -0.704. The Balaban J connectivity index is 1.82. The first-order chi connectivity index (χ1) is 18.6. The summed E-state index contributed by atoms with van der Waals surface area (Å²) in [5.41, 5.74) is 0.859. The van der Waals surface area contributed by atoms with E-state index >= 15 is 0 Å². The summed E-state index contributed by atoms with van der Waals surface area (Å²) in [5, 5.41) is 10.4. The fourth-order valence-corrected chi connectivity index (χ4v) is 5.53. The minimum atomic E-state index is -0.894. The molecule has 0 saturated carbocycles. The van der Waals surface area contributed by atoms with Crippen molar-refractivity contribution in [2.45, 2.75) is 57.9 Å². The minimum Gasteiger partial charge on any atom is -0.481 e. The van der Waals surface area contributed by atoms with Gasteiger partial charge in [-0.3, -0.25) is 19.3 Å². The van der Waals surface area contributed by atoms with E-state index in [4.69, 9.17) is 9.47 Å². The van der Waals surface area contributed by atoms with Crippen molar-refractivity contribution in [2.75, 3.05) is 67.2 Å². The van der Waals surface area contributed by atoms with E-state index in [0.29, 0.717) is 44.1 Å². The molecule has 0 aliphatic carbocycles. The number of carboxylic acid groups (broad SMARTS) is 1. The molecule has 0 aromatic heterocycles. The molecule has 1 fully saturated rings. The number of fused-ring (bicyclic) bond motifs is 1. The predicted octanol–water partition coefficient (Wildman–Crippen LogP) is 2.72. The molecule has 0 radical (unpaired) electrons. The van der Waals surface area contributed by atoms with E-state index < -0.39 is 11.9 Å². The van der Waals surface area contributed by atoms with Crippen molar-refractivity contribution in [2.24, 2.45) is 5.92 Å². The van der Waals surface area contributed by atoms with E-state index in [2.05, 4.69) is 11.8 Å². The summed E-state index contributed by atoms with van der Waals surface area (Å²) >= 11 is 0. The minimum absolute atomic E-state index is 0.0358. The molecule has 0 bridgehead atoms. The van der Waals surface area contributed by atoms with Gasteiger partial charge in [0.25, 0.3) is 0 Å². The van der Waals surface area contributed by atoms with Crippen LogP contribution >= 0.6 is 0 Å². The molecule has 10 heteroatoms. The van der Waals surface area contributed by atoms with Gasteiger partial charge in [-0.25, -0.2) is 0 Å². The van der Waals surface area contributed by atoms with Gasteiger partial charge >= 0.3 is 5.97 Å². The Bertz CT molecular complexity index is 987. The summed E-state index contributed by atoms with van der Waals surface area (Å²) in [7, 11) is 5.82. The molecular weight excluding hydrogens is 500 g/mol. The number of hydrogen-bond donors (Lipinski definition) is 1. The van der Waals surface area contributed by atoms with Gasteiger partial charge in [0.15, 0.2) is 11.5 Å². The van der Waals surface area contributed by atoms with E-state index in [1.165, 1.54) is 6.92 Å². The van der Waals surface area contributed by atoms with E-state index in [-0.39, 0.29) is 37.1 Å². The Kier molecular flexibility index (Phi) is 11.4. The first-order valence-electron chi connectivity index (χ1n) is 14.1. The molecule has 1 N–H and O–H groups in total. The molecule has 10 nitrogen and oxygen atoms in total. The lowest BCUT2D eigenvalue weighted by Crippen LogP contribution is -2.45. The number of nitrogens with zero attached hydrogens (tertiary/aromatic N) is 4. The van der Waals surface area contributed by atoms with Crippen LogP contribution in [0.5, 0.6) is 11.5 Å². The third-order valence-corrected chi connectivity index (χ3v) is 7.91. The summed E-state index contributed by atoms with van der Waals surface area (Å²) in [6.07, 6.45) is 4.35. The SMILES string of the molecule is CCCCN(CCCCN(C)C)C(=O)CN1C[C@H](c2ccc3c(c2)OCO3)C(C(=O)O)[C@@H]1CCN(C)C(C)=O. The fraction of sp³-hybridized carbons (Fsp3) is 0.690. The summed E-state index contributed by atoms with van der Waals surface area (Å²) in [4.78, 5) is 45.9. The highest BCUT2D eigenvalue weighted by molar-refractivity contribution is 5.79. The third kappa shape index (κ3) is 8.32. The smallest absolute Gasteiger partial charge is 0.308 e. The number of rotatable bonds is 15. The highest BCUT2D eigenvalue weighted by Crippen LogP contribution is 2.42. The molecule has 2 amide bonds. The van der Waals surface area contributed by atoms with Gasteiger partial charge in [0.05, 0.1) is 12.5 Å². The molecular formula is C29H46N4O6. The van der Waals surface area contributed by atoms with Crippen molar-refractivity contribution in [1.82, 2.24) is 19.6 Å². The normalized spacial score (nSPS) is 20.4. The van der Waals surface area contributed by atoms with Crippen LogP contribution in [0.3, 0.4) is 0 Å². The number of carbonyl (C=O) groups excluding carboxylic acids is 2. The molecule has 1 aromatic carbocycles. The van der Waals surface area contributed by atoms with Crippen molar-refractivity contribution in [1.29, 1.82) is 0 Å². The molecule has 1 unspecified atom stereocenters. The Morgan fingerprint density at radius 1 is 1.00 bits per heavy atom. The van der Waals surface area contributed by atoms with Crippen LogP contribution in [-0.2, 0) is 14.4 Å². The second kappa shape index (κ2) is 14.5. The predicted molar refractivity (Wildman–Crippen MR) is 149 cm³/mol. The van der Waals surface area contributed by atoms with Crippen LogP contribution in [0.25, 0.3) is 0 Å². The van der Waals surface area contributed by atoms with Crippen LogP contribution in [0, 0.1) is 5.92 Å². The van der Waals surface area contributed by atoms with Gasteiger partial charge in [0, 0.05) is 52.1 Å². The molecule has 2 heterocycles. The second-order valence-electron chi connectivity index (χ2n) is 11.1. The number of likely N-dealkylation sites (tertiary alicyclic amines) is 1. The van der Waals surface area contributed by atoms with Crippen LogP contribution in [-0.4, -0.2) is 116 Å². The molecule has 0 spiro atoms. The molecule has 3 rings (SSSR count). The second-order valence-corrected chi connectivity index (χ2v) is 11.1. The van der Waals surface area contributed by atoms with Crippen molar-refractivity contribution in [3.63, 3.8) is 0 Å². The Morgan fingerprint density at radius 3 is 2.36 bits per heavy atom. The lowest BCUT2D eigenvalue weighted by molar-refractivity contribution is -0.144. The van der Waals surface area contributed by atoms with Gasteiger partial charge < -0.3 is 29.3 Å². The van der Waals surface area contributed by atoms with Crippen molar-refractivity contribution >= 4 is 17.8 Å². The molecule has 1 saturated heterocycles. The van der Waals surface area contributed by atoms with Crippen molar-refractivity contribution in [3.8, 4) is 11.5 Å². The first-order valence-corrected chi connectivity index (χ1v) is 14.1. The zero-order valence-corrected chi connectivity index (χ0v) is 24.2. The molecule has 2 aliphatic heterocycles. The van der Waals surface area contributed by atoms with E-state index in [0.717, 1.165) is 37.8 Å². The van der Waals surface area contributed by atoms with E-state index in [1.807, 2.05) is 42.1 Å². The Labute approximate surface area is 232 Å². The fourth-order valence-electron chi connectivity index (χ4n) is 5.53. The zero-order valence-electron chi connectivity index (χ0n) is 24.2. The number of hydrogen-bond acceptors (Lipinski definition) is 7. The van der Waals surface area contributed by atoms with Crippen LogP contribution in [0.4, 0.5) is 0 Å². The van der Waals surface area contributed by atoms with Crippen molar-refractivity contribution < 1.29 is 29.0 Å². The average molecular weight is 547 g/mol. The molecule has 3 atom stereocenters. The first kappa shape index (κ1) is 30.7. The number of carbonyl (C=O) groups is 3. The number of unbranched alkanes of at least 4 members (excludes halogenated alkanes) is 2. The lowest BCUT2D eigenvalue weighted by Gasteiger charge is -2.30. The van der Waals surface area contributed by atoms with E-state index in [1.54, 1.807) is 11.9 Å². The largest absolute Gasteiger partial charge is 0.481 e. The van der Waals surface area contributed by atoms with Gasteiger partial charge in [-0.15, -0.1) is 0 Å². The summed E-state index contributed by atoms with van der Waals surface area (Å²) < 4.78 is 11.0. The van der Waals surface area contributed by atoms with Crippen LogP contribution in [0.15, 0.2) is 18.2 Å². The van der Waals surface area contributed by atoms with Crippen LogP contribution in [0.2, 0.25) is 0 Å². The lowest BCUT2D eigenvalue weighted by atomic mass is 9.84. The number of ether oxygens (including phenoxy) is 2. The molecule has 1 aromatic rings. The standard InChI is InChI=1S/C29H46N4O6/c1-6-7-14-32(15-9-8-13-30(3)4)27(35)19-33-18-23(22-10-11-25-26(17-22)39-20-38-25)28(29(36)37)24(33)12-16-31(5)21(2)34/h10-11,17,23-24,28H,6-9,12-16,18-20H2,1-5H3,(H,36,37)/t23-,24+,28?/m1/s1. The van der Waals surface area contributed by atoms with Gasteiger partial charge in [0.2, 0.25) is 18.6 Å². The maximum atomic E-state index is 13.6. The zero-order chi connectivity index (χ0) is 28.5. The molecule has 39 heavy (non-hydrogen) atoms. The maximum Gasteiger partial charge on any atom is 0.308 e. The summed E-state index contributed by atoms with van der Waals surface area (Å²) in [6, 6.07) is 5.20. The maximum absolute atomic E-state index is 13.6. The van der Waals surface area contributed by atoms with Gasteiger partial charge in [-0.1, -0.05) is 19.4 Å². The number of amides is 2. The molecule has 218 valence electrons. The highest BCUT2D eigenvalue weighted by atomic mass is 16.7. The van der Waals surface area contributed by atoms with Gasteiger partial charge in [-0.05, 0) is 64.0 Å². The monoisotopic (exact) mass is 546 g/mol. The average Bonchev–Trinajstić information content (AvgIpc) is 3.50. The third-order valence-electron chi connectivity index (χ3n) is 7.91. The van der Waals surface area contributed by atoms with Crippen LogP contribution in [0.1, 0.15) is 57.4 Å². The number of benzene rings is 1. The van der Waals surface area contributed by atoms with E-state index in [9.17, 15) is 19.5 Å². The Hall–Kier alpha value is -2.85. The molecule has 2 aliphatic rings. The number of carboxylic acids is 1. The Morgan fingerprint density at radius 2 is 1.69 bits per heavy atom.